The van der Waals surface area contributed by atoms with E-state index in [1.54, 1.807) is 6.07 Å². The zero-order chi connectivity index (χ0) is 11.1. The maximum absolute atomic E-state index is 11.9. The Bertz CT molecular complexity index is 379. The Morgan fingerprint density at radius 1 is 1.47 bits per heavy atom. The highest BCUT2D eigenvalue weighted by Crippen LogP contribution is 2.16. The van der Waals surface area contributed by atoms with E-state index in [9.17, 15) is 4.39 Å². The molecule has 0 spiro atoms. The highest BCUT2D eigenvalue weighted by atomic mass is 19.1. The SMILES string of the molecule is Cc1cc(OCCF)ccc1C#CCN. The van der Waals surface area contributed by atoms with Crippen molar-refractivity contribution in [2.45, 2.75) is 6.92 Å². The quantitative estimate of drug-likeness (QED) is 0.765. The molecule has 0 saturated carbocycles. The molecule has 3 heteroatoms. The zero-order valence-electron chi connectivity index (χ0n) is 8.72. The van der Waals surface area contributed by atoms with Crippen LogP contribution in [0, 0.1) is 18.8 Å². The summed E-state index contributed by atoms with van der Waals surface area (Å²) in [5.41, 5.74) is 7.21. The Balaban J connectivity index is 2.78. The largest absolute Gasteiger partial charge is 0.491 e. The molecule has 0 aliphatic rings. The van der Waals surface area contributed by atoms with E-state index in [0.717, 1.165) is 11.1 Å². The van der Waals surface area contributed by atoms with Crippen LogP contribution in [-0.2, 0) is 0 Å². The Morgan fingerprint density at radius 3 is 2.87 bits per heavy atom. The van der Waals surface area contributed by atoms with Gasteiger partial charge in [0.15, 0.2) is 0 Å². The van der Waals surface area contributed by atoms with Gasteiger partial charge in [0.1, 0.15) is 19.0 Å². The second kappa shape index (κ2) is 6.05. The first kappa shape index (κ1) is 11.5. The van der Waals surface area contributed by atoms with Crippen LogP contribution in [0.25, 0.3) is 0 Å². The van der Waals surface area contributed by atoms with Gasteiger partial charge < -0.3 is 10.5 Å². The van der Waals surface area contributed by atoms with Crippen LogP contribution < -0.4 is 10.5 Å². The van der Waals surface area contributed by atoms with E-state index in [1.807, 2.05) is 19.1 Å². The Kier molecular flexibility index (Phi) is 4.65. The molecule has 0 atom stereocenters. The van der Waals surface area contributed by atoms with Crippen molar-refractivity contribution in [3.05, 3.63) is 29.3 Å². The van der Waals surface area contributed by atoms with Crippen molar-refractivity contribution in [2.24, 2.45) is 5.73 Å². The van der Waals surface area contributed by atoms with Crippen molar-refractivity contribution >= 4 is 0 Å². The van der Waals surface area contributed by atoms with E-state index in [0.29, 0.717) is 12.3 Å². The van der Waals surface area contributed by atoms with E-state index in [-0.39, 0.29) is 6.61 Å². The van der Waals surface area contributed by atoms with Crippen molar-refractivity contribution in [3.8, 4) is 17.6 Å². The Labute approximate surface area is 89.2 Å². The average molecular weight is 207 g/mol. The summed E-state index contributed by atoms with van der Waals surface area (Å²) in [7, 11) is 0. The lowest BCUT2D eigenvalue weighted by atomic mass is 10.1. The number of alkyl halides is 1. The van der Waals surface area contributed by atoms with Crippen LogP contribution in [0.1, 0.15) is 11.1 Å². The van der Waals surface area contributed by atoms with Gasteiger partial charge in [0, 0.05) is 5.56 Å². The van der Waals surface area contributed by atoms with Gasteiger partial charge in [-0.3, -0.25) is 0 Å². The lowest BCUT2D eigenvalue weighted by Gasteiger charge is -2.05. The van der Waals surface area contributed by atoms with Crippen molar-refractivity contribution in [1.29, 1.82) is 0 Å². The summed E-state index contributed by atoms with van der Waals surface area (Å²) in [6, 6.07) is 5.48. The molecule has 2 N–H and O–H groups in total. The molecule has 0 heterocycles. The molecule has 1 aromatic carbocycles. The molecule has 1 aromatic rings. The third-order valence-electron chi connectivity index (χ3n) is 1.87. The average Bonchev–Trinajstić information content (AvgIpc) is 2.25. The number of benzene rings is 1. The molecular formula is C12H14FNO. The second-order valence-corrected chi connectivity index (χ2v) is 3.02. The number of nitrogens with two attached hydrogens (primary N) is 1. The number of ether oxygens (including phenoxy) is 1. The van der Waals surface area contributed by atoms with Gasteiger partial charge >= 0.3 is 0 Å². The first-order valence-electron chi connectivity index (χ1n) is 4.76. The third kappa shape index (κ3) is 3.61. The highest BCUT2D eigenvalue weighted by Gasteiger charge is 1.98. The fraction of sp³-hybridized carbons (Fsp3) is 0.333. The number of rotatable bonds is 3. The third-order valence-corrected chi connectivity index (χ3v) is 1.87. The van der Waals surface area contributed by atoms with Crippen molar-refractivity contribution < 1.29 is 9.13 Å². The van der Waals surface area contributed by atoms with Crippen LogP contribution in [0.15, 0.2) is 18.2 Å². The monoisotopic (exact) mass is 207 g/mol. The molecule has 2 nitrogen and oxygen atoms in total. The Morgan fingerprint density at radius 2 is 2.27 bits per heavy atom. The smallest absolute Gasteiger partial charge is 0.123 e. The maximum atomic E-state index is 11.9. The standard InChI is InChI=1S/C12H14FNO/c1-10-9-12(15-8-6-13)5-4-11(10)3-2-7-14/h4-5,9H,6-8,14H2,1H3. The van der Waals surface area contributed by atoms with E-state index in [1.165, 1.54) is 0 Å². The van der Waals surface area contributed by atoms with Crippen LogP contribution in [0.5, 0.6) is 5.75 Å². The minimum atomic E-state index is -0.478. The molecule has 0 saturated heterocycles. The summed E-state index contributed by atoms with van der Waals surface area (Å²) in [5, 5.41) is 0. The van der Waals surface area contributed by atoms with Gasteiger partial charge in [0.05, 0.1) is 6.54 Å². The van der Waals surface area contributed by atoms with Crippen LogP contribution in [0.4, 0.5) is 4.39 Å². The minimum absolute atomic E-state index is 0.0905. The summed E-state index contributed by atoms with van der Waals surface area (Å²) < 4.78 is 17.0. The van der Waals surface area contributed by atoms with Crippen molar-refractivity contribution in [2.75, 3.05) is 19.8 Å². The molecule has 15 heavy (non-hydrogen) atoms. The van der Waals surface area contributed by atoms with E-state index < -0.39 is 6.67 Å². The number of hydrogen-bond acceptors (Lipinski definition) is 2. The molecule has 0 fully saturated rings. The molecule has 1 rings (SSSR count). The highest BCUT2D eigenvalue weighted by molar-refractivity contribution is 5.44. The van der Waals surface area contributed by atoms with Gasteiger partial charge in [-0.2, -0.15) is 0 Å². The summed E-state index contributed by atoms with van der Waals surface area (Å²) in [4.78, 5) is 0. The van der Waals surface area contributed by atoms with Crippen LogP contribution in [0.2, 0.25) is 0 Å². The molecule has 80 valence electrons. The summed E-state index contributed by atoms with van der Waals surface area (Å²) >= 11 is 0. The molecule has 0 aromatic heterocycles. The minimum Gasteiger partial charge on any atom is -0.491 e. The number of hydrogen-bond donors (Lipinski definition) is 1. The van der Waals surface area contributed by atoms with Crippen molar-refractivity contribution in [1.82, 2.24) is 0 Å². The molecule has 0 aliphatic carbocycles. The van der Waals surface area contributed by atoms with E-state index in [4.69, 9.17) is 10.5 Å². The van der Waals surface area contributed by atoms with Gasteiger partial charge in [0.2, 0.25) is 0 Å². The van der Waals surface area contributed by atoms with Gasteiger partial charge in [0.25, 0.3) is 0 Å². The van der Waals surface area contributed by atoms with Gasteiger partial charge in [-0.05, 0) is 30.7 Å². The first-order valence-corrected chi connectivity index (χ1v) is 4.76. The topological polar surface area (TPSA) is 35.2 Å². The summed E-state index contributed by atoms with van der Waals surface area (Å²) in [5.74, 6) is 6.41. The fourth-order valence-electron chi connectivity index (χ4n) is 1.17. The first-order chi connectivity index (χ1) is 7.27. The molecule has 0 bridgehead atoms. The molecular weight excluding hydrogens is 193 g/mol. The van der Waals surface area contributed by atoms with Crippen LogP contribution >= 0.6 is 0 Å². The number of halogens is 1. The second-order valence-electron chi connectivity index (χ2n) is 3.02. The van der Waals surface area contributed by atoms with E-state index >= 15 is 0 Å². The molecule has 0 amide bonds. The van der Waals surface area contributed by atoms with Crippen LogP contribution in [-0.4, -0.2) is 19.8 Å². The molecule has 0 aliphatic heterocycles. The lowest BCUT2D eigenvalue weighted by molar-refractivity contribution is 0.273. The maximum Gasteiger partial charge on any atom is 0.123 e. The normalized spacial score (nSPS) is 9.27. The molecule has 0 unspecified atom stereocenters. The van der Waals surface area contributed by atoms with E-state index in [2.05, 4.69) is 11.8 Å². The van der Waals surface area contributed by atoms with Gasteiger partial charge in [-0.25, -0.2) is 4.39 Å². The van der Waals surface area contributed by atoms with Gasteiger partial charge in [-0.1, -0.05) is 11.8 Å². The predicted molar refractivity (Wildman–Crippen MR) is 58.6 cm³/mol. The van der Waals surface area contributed by atoms with Gasteiger partial charge in [-0.15, -0.1) is 0 Å². The van der Waals surface area contributed by atoms with Crippen LogP contribution in [0.3, 0.4) is 0 Å². The lowest BCUT2D eigenvalue weighted by Crippen LogP contribution is -1.99. The zero-order valence-corrected chi connectivity index (χ0v) is 8.72. The molecule has 0 radical (unpaired) electrons. The number of aryl methyl sites for hydroxylation is 1. The Hall–Kier alpha value is -1.53. The fourth-order valence-corrected chi connectivity index (χ4v) is 1.17. The van der Waals surface area contributed by atoms with Crippen molar-refractivity contribution in [3.63, 3.8) is 0 Å². The summed E-state index contributed by atoms with van der Waals surface area (Å²) in [6.45, 7) is 1.89. The summed E-state index contributed by atoms with van der Waals surface area (Å²) in [6.07, 6.45) is 0. The predicted octanol–water partition coefficient (Wildman–Crippen LogP) is 1.65.